The smallest absolute Gasteiger partial charge is 0.325 e. The molecule has 1 aliphatic rings. The van der Waals surface area contributed by atoms with Crippen molar-refractivity contribution in [2.24, 2.45) is 0 Å². The number of alkyl halides is 3. The van der Waals surface area contributed by atoms with Crippen LogP contribution < -0.4 is 5.32 Å². The van der Waals surface area contributed by atoms with Gasteiger partial charge in [-0.25, -0.2) is 4.39 Å². The molecule has 0 atom stereocenters. The summed E-state index contributed by atoms with van der Waals surface area (Å²) in [6, 6.07) is 10.8. The van der Waals surface area contributed by atoms with Gasteiger partial charge in [0.2, 0.25) is 5.91 Å². The fourth-order valence-electron chi connectivity index (χ4n) is 2.74. The molecule has 26 heavy (non-hydrogen) atoms. The minimum absolute atomic E-state index is 0.0994. The van der Waals surface area contributed by atoms with E-state index in [1.807, 2.05) is 4.90 Å². The van der Waals surface area contributed by atoms with Crippen LogP contribution in [-0.2, 0) is 17.5 Å². The Kier molecular flexibility index (Phi) is 5.27. The molecule has 1 amide bonds. The first-order chi connectivity index (χ1) is 12.3. The monoisotopic (exact) mass is 366 g/mol. The Morgan fingerprint density at radius 1 is 1.12 bits per heavy atom. The number of carbonyl (C=O) groups is 1. The minimum atomic E-state index is -4.36. The largest absolute Gasteiger partial charge is 0.416 e. The molecular formula is C19H18F4N2O. The minimum Gasteiger partial charge on any atom is -0.325 e. The summed E-state index contributed by atoms with van der Waals surface area (Å²) in [5, 5.41) is 2.64. The van der Waals surface area contributed by atoms with E-state index < -0.39 is 17.6 Å². The van der Waals surface area contributed by atoms with E-state index in [0.29, 0.717) is 17.8 Å². The fourth-order valence-corrected chi connectivity index (χ4v) is 2.74. The van der Waals surface area contributed by atoms with Crippen molar-refractivity contribution in [3.8, 4) is 0 Å². The van der Waals surface area contributed by atoms with E-state index in [9.17, 15) is 22.4 Å². The molecule has 1 aliphatic carbocycles. The lowest BCUT2D eigenvalue weighted by Crippen LogP contribution is -2.34. The van der Waals surface area contributed by atoms with Gasteiger partial charge >= 0.3 is 6.18 Å². The molecule has 1 fully saturated rings. The van der Waals surface area contributed by atoms with Crippen LogP contribution >= 0.6 is 0 Å². The van der Waals surface area contributed by atoms with E-state index in [0.717, 1.165) is 25.0 Å². The van der Waals surface area contributed by atoms with Gasteiger partial charge in [-0.1, -0.05) is 18.2 Å². The van der Waals surface area contributed by atoms with Crippen LogP contribution in [0.4, 0.5) is 23.2 Å². The molecule has 0 aliphatic heterocycles. The second-order valence-corrected chi connectivity index (χ2v) is 6.39. The number of hydrogen-bond acceptors (Lipinski definition) is 2. The Morgan fingerprint density at radius 2 is 1.81 bits per heavy atom. The molecule has 3 rings (SSSR count). The van der Waals surface area contributed by atoms with Crippen LogP contribution in [0.1, 0.15) is 24.0 Å². The molecule has 0 heterocycles. The quantitative estimate of drug-likeness (QED) is 0.767. The Balaban J connectivity index is 1.61. The van der Waals surface area contributed by atoms with Crippen molar-refractivity contribution in [3.63, 3.8) is 0 Å². The number of benzene rings is 2. The Morgan fingerprint density at radius 3 is 2.38 bits per heavy atom. The van der Waals surface area contributed by atoms with Gasteiger partial charge in [0.1, 0.15) is 5.82 Å². The molecule has 0 spiro atoms. The third kappa shape index (κ3) is 5.05. The lowest BCUT2D eigenvalue weighted by Gasteiger charge is -2.21. The molecule has 0 radical (unpaired) electrons. The molecule has 1 saturated carbocycles. The predicted molar refractivity (Wildman–Crippen MR) is 89.9 cm³/mol. The molecule has 0 bridgehead atoms. The zero-order chi connectivity index (χ0) is 18.7. The van der Waals surface area contributed by atoms with Crippen molar-refractivity contribution in [2.75, 3.05) is 11.9 Å². The van der Waals surface area contributed by atoms with E-state index in [1.165, 1.54) is 30.3 Å². The third-order valence-electron chi connectivity index (χ3n) is 4.19. The van der Waals surface area contributed by atoms with Gasteiger partial charge < -0.3 is 5.32 Å². The Labute approximate surface area is 148 Å². The number of halogens is 4. The van der Waals surface area contributed by atoms with Gasteiger partial charge in [0.25, 0.3) is 0 Å². The number of nitrogens with one attached hydrogen (secondary N) is 1. The van der Waals surface area contributed by atoms with Crippen LogP contribution in [0.5, 0.6) is 0 Å². The van der Waals surface area contributed by atoms with Gasteiger partial charge in [0.15, 0.2) is 0 Å². The molecule has 0 unspecified atom stereocenters. The topological polar surface area (TPSA) is 32.3 Å². The summed E-state index contributed by atoms with van der Waals surface area (Å²) < 4.78 is 51.1. The van der Waals surface area contributed by atoms with Crippen molar-refractivity contribution < 1.29 is 22.4 Å². The van der Waals surface area contributed by atoms with Crippen LogP contribution in [0.15, 0.2) is 48.5 Å². The second-order valence-electron chi connectivity index (χ2n) is 6.39. The van der Waals surface area contributed by atoms with Gasteiger partial charge in [-0.15, -0.1) is 0 Å². The highest BCUT2D eigenvalue weighted by molar-refractivity contribution is 5.92. The Bertz CT molecular complexity index is 770. The van der Waals surface area contributed by atoms with Crippen LogP contribution in [0, 0.1) is 5.82 Å². The van der Waals surface area contributed by atoms with Gasteiger partial charge in [0.05, 0.1) is 12.1 Å². The normalized spacial score (nSPS) is 14.5. The number of nitrogens with zero attached hydrogens (tertiary/aromatic N) is 1. The molecule has 138 valence electrons. The van der Waals surface area contributed by atoms with Crippen LogP contribution in [0.3, 0.4) is 0 Å². The lowest BCUT2D eigenvalue weighted by molar-refractivity contribution is -0.137. The number of rotatable bonds is 6. The molecule has 7 heteroatoms. The molecule has 0 saturated heterocycles. The number of amides is 1. The predicted octanol–water partition coefficient (Wildman–Crippen LogP) is 4.45. The molecule has 2 aromatic rings. The van der Waals surface area contributed by atoms with Crippen LogP contribution in [0.2, 0.25) is 0 Å². The second kappa shape index (κ2) is 7.45. The number of carbonyl (C=O) groups excluding carboxylic acids is 1. The van der Waals surface area contributed by atoms with E-state index in [-0.39, 0.29) is 18.5 Å². The summed E-state index contributed by atoms with van der Waals surface area (Å²) in [6.45, 7) is 0.488. The average Bonchev–Trinajstić information content (AvgIpc) is 3.39. The summed E-state index contributed by atoms with van der Waals surface area (Å²) >= 11 is 0. The van der Waals surface area contributed by atoms with Crippen molar-refractivity contribution in [2.45, 2.75) is 31.6 Å². The van der Waals surface area contributed by atoms with Gasteiger partial charge in [0, 0.05) is 18.3 Å². The third-order valence-corrected chi connectivity index (χ3v) is 4.19. The summed E-state index contributed by atoms with van der Waals surface area (Å²) in [4.78, 5) is 14.1. The molecule has 3 nitrogen and oxygen atoms in total. The van der Waals surface area contributed by atoms with Crippen molar-refractivity contribution in [1.82, 2.24) is 4.90 Å². The van der Waals surface area contributed by atoms with Gasteiger partial charge in [-0.3, -0.25) is 9.69 Å². The maximum absolute atomic E-state index is 13.2. The van der Waals surface area contributed by atoms with Crippen molar-refractivity contribution >= 4 is 11.6 Å². The van der Waals surface area contributed by atoms with Gasteiger partial charge in [-0.05, 0) is 48.7 Å². The summed E-state index contributed by atoms with van der Waals surface area (Å²) in [5.74, 6) is -0.721. The summed E-state index contributed by atoms with van der Waals surface area (Å²) in [6.07, 6.45) is -2.46. The zero-order valence-corrected chi connectivity index (χ0v) is 13.9. The van der Waals surface area contributed by atoms with E-state index in [2.05, 4.69) is 5.32 Å². The molecular weight excluding hydrogens is 348 g/mol. The maximum atomic E-state index is 13.2. The van der Waals surface area contributed by atoms with Crippen LogP contribution in [-0.4, -0.2) is 23.4 Å². The highest BCUT2D eigenvalue weighted by Gasteiger charge is 2.32. The maximum Gasteiger partial charge on any atom is 0.416 e. The standard InChI is InChI=1S/C19H18F4N2O/c20-15-2-1-3-16(10-15)24-18(26)12-25(17-8-9-17)11-13-4-6-14(7-5-13)19(21,22)23/h1-7,10,17H,8-9,11-12H2,(H,24,26). The fraction of sp³-hybridized carbons (Fsp3) is 0.316. The summed E-state index contributed by atoms with van der Waals surface area (Å²) in [7, 11) is 0. The van der Waals surface area contributed by atoms with Crippen molar-refractivity contribution in [1.29, 1.82) is 0 Å². The van der Waals surface area contributed by atoms with Gasteiger partial charge in [-0.2, -0.15) is 13.2 Å². The summed E-state index contributed by atoms with van der Waals surface area (Å²) in [5.41, 5.74) is 0.395. The first kappa shape index (κ1) is 18.4. The molecule has 0 aromatic heterocycles. The lowest BCUT2D eigenvalue weighted by atomic mass is 10.1. The average molecular weight is 366 g/mol. The van der Waals surface area contributed by atoms with Crippen LogP contribution in [0.25, 0.3) is 0 Å². The number of anilines is 1. The SMILES string of the molecule is O=C(CN(Cc1ccc(C(F)(F)F)cc1)C1CC1)Nc1cccc(F)c1. The van der Waals surface area contributed by atoms with E-state index in [1.54, 1.807) is 6.07 Å². The highest BCUT2D eigenvalue weighted by Crippen LogP contribution is 2.31. The molecule has 2 aromatic carbocycles. The van der Waals surface area contributed by atoms with E-state index >= 15 is 0 Å². The first-order valence-corrected chi connectivity index (χ1v) is 8.27. The molecule has 1 N–H and O–H groups in total. The zero-order valence-electron chi connectivity index (χ0n) is 13.9. The van der Waals surface area contributed by atoms with E-state index in [4.69, 9.17) is 0 Å². The Hall–Kier alpha value is -2.41. The first-order valence-electron chi connectivity index (χ1n) is 8.27. The highest BCUT2D eigenvalue weighted by atomic mass is 19.4. The number of hydrogen-bond donors (Lipinski definition) is 1. The van der Waals surface area contributed by atoms with Crippen molar-refractivity contribution in [3.05, 3.63) is 65.5 Å².